The molecule has 4 rings (SSSR count). The van der Waals surface area contributed by atoms with Gasteiger partial charge >= 0.3 is 5.97 Å². The lowest BCUT2D eigenvalue weighted by Crippen LogP contribution is -2.26. The maximum Gasteiger partial charge on any atom is 0.311 e. The summed E-state index contributed by atoms with van der Waals surface area (Å²) in [5, 5.41) is 0. The van der Waals surface area contributed by atoms with Crippen molar-refractivity contribution in [2.75, 3.05) is 24.7 Å². The van der Waals surface area contributed by atoms with E-state index >= 15 is 0 Å². The average molecular weight is 396 g/mol. The van der Waals surface area contributed by atoms with Crippen LogP contribution in [-0.2, 0) is 20.9 Å². The molecular weight excluding hydrogens is 376 g/mol. The van der Waals surface area contributed by atoms with E-state index < -0.39 is 17.8 Å². The molecule has 1 atom stereocenters. The van der Waals surface area contributed by atoms with E-state index in [-0.39, 0.29) is 25.5 Å². The first kappa shape index (κ1) is 18.8. The van der Waals surface area contributed by atoms with Crippen molar-refractivity contribution in [1.29, 1.82) is 0 Å². The molecule has 0 radical (unpaired) electrons. The smallest absolute Gasteiger partial charge is 0.311 e. The first-order chi connectivity index (χ1) is 14.0. The molecule has 2 amide bonds. The fraction of sp³-hybridized carbons (Fsp3) is 0.286. The molecule has 8 heteroatoms. The molecule has 2 aliphatic heterocycles. The maximum absolute atomic E-state index is 12.4. The van der Waals surface area contributed by atoms with Gasteiger partial charge in [0.2, 0.25) is 11.8 Å². The molecule has 1 saturated heterocycles. The summed E-state index contributed by atoms with van der Waals surface area (Å²) in [5.74, 6) is -0.401. The van der Waals surface area contributed by atoms with Gasteiger partial charge in [0.15, 0.2) is 11.5 Å². The summed E-state index contributed by atoms with van der Waals surface area (Å²) in [5.41, 5.74) is 6.99. The molecule has 1 fully saturated rings. The molecule has 2 heterocycles. The van der Waals surface area contributed by atoms with Crippen LogP contribution in [0.2, 0.25) is 0 Å². The number of nitrogens with two attached hydrogens (primary N) is 1. The van der Waals surface area contributed by atoms with Gasteiger partial charge in [-0.3, -0.25) is 14.4 Å². The quantitative estimate of drug-likeness (QED) is 0.770. The Morgan fingerprint density at radius 2 is 1.79 bits per heavy atom. The van der Waals surface area contributed by atoms with Crippen molar-refractivity contribution >= 4 is 23.5 Å². The third kappa shape index (κ3) is 4.01. The zero-order chi connectivity index (χ0) is 20.4. The largest absolute Gasteiger partial charge is 0.486 e. The van der Waals surface area contributed by atoms with Gasteiger partial charge in [0.1, 0.15) is 19.8 Å². The van der Waals surface area contributed by atoms with Crippen LogP contribution < -0.4 is 20.1 Å². The van der Waals surface area contributed by atoms with Gasteiger partial charge < -0.3 is 24.8 Å². The minimum Gasteiger partial charge on any atom is -0.486 e. The van der Waals surface area contributed by atoms with Crippen molar-refractivity contribution in [1.82, 2.24) is 0 Å². The second-order valence-electron chi connectivity index (χ2n) is 6.90. The zero-order valence-electron chi connectivity index (χ0n) is 15.6. The van der Waals surface area contributed by atoms with E-state index in [1.165, 1.54) is 0 Å². The van der Waals surface area contributed by atoms with E-state index in [2.05, 4.69) is 0 Å². The summed E-state index contributed by atoms with van der Waals surface area (Å²) >= 11 is 0. The number of amides is 2. The summed E-state index contributed by atoms with van der Waals surface area (Å²) < 4.78 is 16.4. The Morgan fingerprint density at radius 3 is 2.52 bits per heavy atom. The number of rotatable bonds is 5. The number of primary amides is 1. The van der Waals surface area contributed by atoms with Crippen molar-refractivity contribution in [2.24, 2.45) is 11.7 Å². The van der Waals surface area contributed by atoms with Crippen LogP contribution in [-0.4, -0.2) is 37.5 Å². The fourth-order valence-corrected chi connectivity index (χ4v) is 3.35. The summed E-state index contributed by atoms with van der Waals surface area (Å²) in [6.07, 6.45) is 0.0912. The Hall–Kier alpha value is -3.55. The number of hydrogen-bond acceptors (Lipinski definition) is 6. The minimum atomic E-state index is -0.541. The molecule has 2 N–H and O–H groups in total. The second-order valence-corrected chi connectivity index (χ2v) is 6.90. The van der Waals surface area contributed by atoms with E-state index in [1.54, 1.807) is 47.4 Å². The maximum atomic E-state index is 12.4. The summed E-state index contributed by atoms with van der Waals surface area (Å²) in [4.78, 5) is 37.5. The molecule has 0 unspecified atom stereocenters. The van der Waals surface area contributed by atoms with Crippen LogP contribution in [0.4, 0.5) is 5.69 Å². The first-order valence-electron chi connectivity index (χ1n) is 9.26. The highest BCUT2D eigenvalue weighted by atomic mass is 16.6. The van der Waals surface area contributed by atoms with E-state index in [0.717, 1.165) is 5.56 Å². The number of fused-ring (bicyclic) bond motifs is 1. The number of ether oxygens (including phenoxy) is 3. The topological polar surface area (TPSA) is 108 Å². The molecule has 2 aliphatic rings. The van der Waals surface area contributed by atoms with Crippen LogP contribution in [0.1, 0.15) is 22.3 Å². The lowest BCUT2D eigenvalue weighted by molar-refractivity contribution is -0.149. The lowest BCUT2D eigenvalue weighted by atomic mass is 10.1. The van der Waals surface area contributed by atoms with Crippen LogP contribution >= 0.6 is 0 Å². The minimum absolute atomic E-state index is 0.0621. The van der Waals surface area contributed by atoms with Gasteiger partial charge in [-0.2, -0.15) is 0 Å². The Labute approximate surface area is 167 Å². The predicted molar refractivity (Wildman–Crippen MR) is 103 cm³/mol. The van der Waals surface area contributed by atoms with Gasteiger partial charge in [-0.1, -0.05) is 12.1 Å². The summed E-state index contributed by atoms with van der Waals surface area (Å²) in [6, 6.07) is 11.8. The molecule has 0 saturated carbocycles. The Morgan fingerprint density at radius 1 is 1.07 bits per heavy atom. The van der Waals surface area contributed by atoms with Crippen LogP contribution in [0.15, 0.2) is 42.5 Å². The SMILES string of the molecule is NC(=O)c1ccc(COC(=O)[C@H]2CC(=O)N(c3ccc4c(c3)OCCO4)C2)cc1. The number of hydrogen-bond donors (Lipinski definition) is 1. The van der Waals surface area contributed by atoms with Gasteiger partial charge in [-0.05, 0) is 29.8 Å². The monoisotopic (exact) mass is 396 g/mol. The predicted octanol–water partition coefficient (Wildman–Crippen LogP) is 1.65. The van der Waals surface area contributed by atoms with Crippen molar-refractivity contribution < 1.29 is 28.6 Å². The molecule has 2 aromatic rings. The molecule has 8 nitrogen and oxygen atoms in total. The first-order valence-corrected chi connectivity index (χ1v) is 9.26. The van der Waals surface area contributed by atoms with E-state index in [4.69, 9.17) is 19.9 Å². The number of nitrogens with zero attached hydrogens (tertiary/aromatic N) is 1. The third-order valence-corrected chi connectivity index (χ3v) is 4.92. The normalized spacial score (nSPS) is 17.9. The number of carbonyl (C=O) groups is 3. The fourth-order valence-electron chi connectivity index (χ4n) is 3.35. The highest BCUT2D eigenvalue weighted by Gasteiger charge is 2.36. The summed E-state index contributed by atoms with van der Waals surface area (Å²) in [6.45, 7) is 1.26. The molecule has 0 aliphatic carbocycles. The standard InChI is InChI=1S/C21H20N2O6/c22-20(25)14-3-1-13(2-4-14)12-29-21(26)15-9-19(24)23(11-15)16-5-6-17-18(10-16)28-8-7-27-17/h1-6,10,15H,7-9,11-12H2,(H2,22,25)/t15-/m0/s1. The van der Waals surface area contributed by atoms with Crippen molar-refractivity contribution in [3.05, 3.63) is 53.6 Å². The van der Waals surface area contributed by atoms with E-state index in [9.17, 15) is 14.4 Å². The molecule has 0 bridgehead atoms. The van der Waals surface area contributed by atoms with Crippen molar-refractivity contribution in [2.45, 2.75) is 13.0 Å². The van der Waals surface area contributed by atoms with Crippen LogP contribution in [0.25, 0.3) is 0 Å². The zero-order valence-corrected chi connectivity index (χ0v) is 15.6. The van der Waals surface area contributed by atoms with Gasteiger partial charge in [0, 0.05) is 30.3 Å². The Bertz CT molecular complexity index is 956. The third-order valence-electron chi connectivity index (χ3n) is 4.92. The molecule has 150 valence electrons. The molecule has 2 aromatic carbocycles. The number of benzene rings is 2. The molecule has 29 heavy (non-hydrogen) atoms. The lowest BCUT2D eigenvalue weighted by Gasteiger charge is -2.22. The molecule has 0 aromatic heterocycles. The second kappa shape index (κ2) is 7.83. The Kier molecular flexibility index (Phi) is 5.07. The highest BCUT2D eigenvalue weighted by molar-refractivity contribution is 5.99. The number of carbonyl (C=O) groups excluding carboxylic acids is 3. The number of esters is 1. The molecular formula is C21H20N2O6. The van der Waals surface area contributed by atoms with Crippen molar-refractivity contribution in [3.8, 4) is 11.5 Å². The van der Waals surface area contributed by atoms with Gasteiger partial charge in [0.25, 0.3) is 0 Å². The van der Waals surface area contributed by atoms with Gasteiger partial charge in [-0.25, -0.2) is 0 Å². The van der Waals surface area contributed by atoms with Gasteiger partial charge in [0.05, 0.1) is 5.92 Å². The Balaban J connectivity index is 1.37. The van der Waals surface area contributed by atoms with Crippen LogP contribution in [0.5, 0.6) is 11.5 Å². The molecule has 0 spiro atoms. The highest BCUT2D eigenvalue weighted by Crippen LogP contribution is 2.36. The van der Waals surface area contributed by atoms with Gasteiger partial charge in [-0.15, -0.1) is 0 Å². The summed E-state index contributed by atoms with van der Waals surface area (Å²) in [7, 11) is 0. The number of anilines is 1. The van der Waals surface area contributed by atoms with Crippen LogP contribution in [0, 0.1) is 5.92 Å². The van der Waals surface area contributed by atoms with E-state index in [0.29, 0.717) is 36.0 Å². The van der Waals surface area contributed by atoms with E-state index in [1.807, 2.05) is 0 Å². The van der Waals surface area contributed by atoms with Crippen LogP contribution in [0.3, 0.4) is 0 Å². The van der Waals surface area contributed by atoms with Crippen molar-refractivity contribution in [3.63, 3.8) is 0 Å². The average Bonchev–Trinajstić information content (AvgIpc) is 3.13.